The van der Waals surface area contributed by atoms with Gasteiger partial charge in [0, 0.05) is 59.6 Å². The lowest BCUT2D eigenvalue weighted by atomic mass is 10.1. The molecule has 8 rings (SSSR count). The Kier molecular flexibility index (Phi) is 5.31. The molecule has 0 amide bonds. The molecule has 7 nitrogen and oxygen atoms in total. The number of hydrogen-bond donors (Lipinski definition) is 0. The van der Waals surface area contributed by atoms with E-state index < -0.39 is 0 Å². The molecule has 4 aromatic carbocycles. The Morgan fingerprint density at radius 1 is 0.439 bits per heavy atom. The zero-order chi connectivity index (χ0) is 27.2. The molecule has 4 aromatic heterocycles. The van der Waals surface area contributed by atoms with E-state index in [1.165, 1.54) is 0 Å². The van der Waals surface area contributed by atoms with Crippen molar-refractivity contribution in [3.05, 3.63) is 122 Å². The molecule has 4 heterocycles. The average Bonchev–Trinajstić information content (AvgIpc) is 3.56. The number of hydrogen-bond acceptors (Lipinski definition) is 7. The topological polar surface area (TPSA) is 79.8 Å². The van der Waals surface area contributed by atoms with Gasteiger partial charge in [0.2, 0.25) is 11.8 Å². The molecular formula is C34H20N2O5. The molecule has 0 aliphatic carbocycles. The van der Waals surface area contributed by atoms with Crippen LogP contribution in [0.25, 0.3) is 43.9 Å². The first-order valence-corrected chi connectivity index (χ1v) is 13.0. The second-order valence-electron chi connectivity index (χ2n) is 9.43. The van der Waals surface area contributed by atoms with Crippen molar-refractivity contribution in [2.75, 3.05) is 0 Å². The van der Waals surface area contributed by atoms with Gasteiger partial charge in [-0.15, -0.1) is 0 Å². The van der Waals surface area contributed by atoms with Gasteiger partial charge in [-0.3, -0.25) is 0 Å². The minimum Gasteiger partial charge on any atom is -0.457 e. The molecule has 41 heavy (non-hydrogen) atoms. The third-order valence-corrected chi connectivity index (χ3v) is 6.77. The summed E-state index contributed by atoms with van der Waals surface area (Å²) in [4.78, 5) is 8.67. The number of pyridine rings is 2. The summed E-state index contributed by atoms with van der Waals surface area (Å²) in [5.41, 5.74) is 2.76. The van der Waals surface area contributed by atoms with E-state index in [2.05, 4.69) is 9.97 Å². The summed E-state index contributed by atoms with van der Waals surface area (Å²) >= 11 is 0. The molecule has 0 bridgehead atoms. The molecule has 0 aliphatic rings. The molecular weight excluding hydrogens is 516 g/mol. The van der Waals surface area contributed by atoms with Crippen molar-refractivity contribution in [1.82, 2.24) is 9.97 Å². The maximum Gasteiger partial charge on any atom is 0.219 e. The van der Waals surface area contributed by atoms with Crippen LogP contribution in [0, 0.1) is 0 Å². The van der Waals surface area contributed by atoms with Gasteiger partial charge >= 0.3 is 0 Å². The molecule has 0 radical (unpaired) electrons. The Morgan fingerprint density at radius 2 is 0.902 bits per heavy atom. The van der Waals surface area contributed by atoms with E-state index >= 15 is 0 Å². The standard InChI is InChI=1S/C34H20N2O5/c1-3-11-25-23(9-1)33-27(38-25)17-21(19-29(33)40-31-13-5-7-15-35-31)37-22-18-28-34(24-10-2-4-12-26(24)39-28)30(20-22)41-32-14-6-8-16-36-32/h1-20H. The summed E-state index contributed by atoms with van der Waals surface area (Å²) in [6, 6.07) is 34.1. The predicted octanol–water partition coefficient (Wildman–Crippen LogP) is 9.65. The van der Waals surface area contributed by atoms with E-state index in [1.807, 2.05) is 97.1 Å². The quantitative estimate of drug-likeness (QED) is 0.209. The number of furan rings is 2. The van der Waals surface area contributed by atoms with E-state index in [0.717, 1.165) is 32.7 Å². The maximum atomic E-state index is 6.42. The van der Waals surface area contributed by atoms with Crippen molar-refractivity contribution >= 4 is 43.9 Å². The number of rotatable bonds is 6. The molecule has 0 spiro atoms. The van der Waals surface area contributed by atoms with Crippen molar-refractivity contribution in [3.8, 4) is 34.8 Å². The van der Waals surface area contributed by atoms with Crippen LogP contribution in [-0.4, -0.2) is 9.97 Å². The third-order valence-electron chi connectivity index (χ3n) is 6.77. The number of benzene rings is 4. The highest BCUT2D eigenvalue weighted by Gasteiger charge is 2.19. The zero-order valence-electron chi connectivity index (χ0n) is 21.5. The molecule has 0 N–H and O–H groups in total. The van der Waals surface area contributed by atoms with E-state index in [1.54, 1.807) is 24.5 Å². The van der Waals surface area contributed by atoms with Crippen LogP contribution < -0.4 is 14.2 Å². The summed E-state index contributed by atoms with van der Waals surface area (Å²) in [6.45, 7) is 0. The van der Waals surface area contributed by atoms with Crippen molar-refractivity contribution < 1.29 is 23.0 Å². The lowest BCUT2D eigenvalue weighted by Crippen LogP contribution is -1.92. The van der Waals surface area contributed by atoms with Crippen molar-refractivity contribution in [2.45, 2.75) is 0 Å². The Labute approximate surface area is 233 Å². The van der Waals surface area contributed by atoms with Crippen LogP contribution in [0.2, 0.25) is 0 Å². The highest BCUT2D eigenvalue weighted by atomic mass is 16.5. The van der Waals surface area contributed by atoms with Gasteiger partial charge in [-0.1, -0.05) is 48.5 Å². The molecule has 0 fully saturated rings. The highest BCUT2D eigenvalue weighted by Crippen LogP contribution is 2.44. The normalized spacial score (nSPS) is 11.4. The monoisotopic (exact) mass is 536 g/mol. The second kappa shape index (κ2) is 9.43. The summed E-state index contributed by atoms with van der Waals surface area (Å²) in [5.74, 6) is 3.09. The first-order chi connectivity index (χ1) is 20.3. The van der Waals surface area contributed by atoms with Crippen LogP contribution in [0.4, 0.5) is 0 Å². The van der Waals surface area contributed by atoms with Crippen LogP contribution in [0.15, 0.2) is 130 Å². The molecule has 7 heteroatoms. The van der Waals surface area contributed by atoms with E-state index in [-0.39, 0.29) is 0 Å². The lowest BCUT2D eigenvalue weighted by Gasteiger charge is -2.12. The minimum absolute atomic E-state index is 0.464. The Morgan fingerprint density at radius 3 is 1.37 bits per heavy atom. The predicted molar refractivity (Wildman–Crippen MR) is 156 cm³/mol. The molecule has 0 saturated heterocycles. The van der Waals surface area contributed by atoms with Gasteiger partial charge in [0.25, 0.3) is 0 Å². The Hall–Kier alpha value is -5.82. The molecule has 0 saturated carbocycles. The fraction of sp³-hybridized carbons (Fsp3) is 0. The molecule has 0 unspecified atom stereocenters. The molecule has 8 aromatic rings. The van der Waals surface area contributed by atoms with Crippen molar-refractivity contribution in [3.63, 3.8) is 0 Å². The van der Waals surface area contributed by atoms with Crippen molar-refractivity contribution in [1.29, 1.82) is 0 Å². The second-order valence-corrected chi connectivity index (χ2v) is 9.43. The van der Waals surface area contributed by atoms with Gasteiger partial charge in [0.05, 0.1) is 10.8 Å². The first-order valence-electron chi connectivity index (χ1n) is 13.0. The minimum atomic E-state index is 0.464. The van der Waals surface area contributed by atoms with Crippen LogP contribution >= 0.6 is 0 Å². The average molecular weight is 537 g/mol. The SMILES string of the molecule is c1ccc(Oc2cc(Oc3cc(Oc4ccccn4)c4c(c3)oc3ccccc34)cc3oc4ccccc4c23)nc1. The van der Waals surface area contributed by atoms with Crippen molar-refractivity contribution in [2.24, 2.45) is 0 Å². The van der Waals surface area contributed by atoms with E-state index in [0.29, 0.717) is 45.9 Å². The van der Waals surface area contributed by atoms with E-state index in [9.17, 15) is 0 Å². The summed E-state index contributed by atoms with van der Waals surface area (Å²) < 4.78 is 31.3. The molecule has 196 valence electrons. The smallest absolute Gasteiger partial charge is 0.219 e. The number of para-hydroxylation sites is 2. The van der Waals surface area contributed by atoms with Gasteiger partial charge in [-0.05, 0) is 24.3 Å². The fourth-order valence-corrected chi connectivity index (χ4v) is 5.04. The third kappa shape index (κ3) is 4.17. The Bertz CT molecular complexity index is 2030. The highest BCUT2D eigenvalue weighted by molar-refractivity contribution is 6.10. The fourth-order valence-electron chi connectivity index (χ4n) is 5.04. The van der Waals surface area contributed by atoms with Gasteiger partial charge in [-0.25, -0.2) is 9.97 Å². The maximum absolute atomic E-state index is 6.42. The van der Waals surface area contributed by atoms with Gasteiger partial charge in [0.1, 0.15) is 45.3 Å². The van der Waals surface area contributed by atoms with Gasteiger partial charge in [0.15, 0.2) is 0 Å². The summed E-state index contributed by atoms with van der Waals surface area (Å²) in [7, 11) is 0. The summed E-state index contributed by atoms with van der Waals surface area (Å²) in [5, 5.41) is 3.56. The number of aromatic nitrogens is 2. The van der Waals surface area contributed by atoms with Crippen LogP contribution in [0.1, 0.15) is 0 Å². The first kappa shape index (κ1) is 23.1. The lowest BCUT2D eigenvalue weighted by molar-refractivity contribution is 0.445. The van der Waals surface area contributed by atoms with Crippen LogP contribution in [0.3, 0.4) is 0 Å². The number of ether oxygens (including phenoxy) is 3. The largest absolute Gasteiger partial charge is 0.457 e. The van der Waals surface area contributed by atoms with Crippen LogP contribution in [-0.2, 0) is 0 Å². The Balaban J connectivity index is 1.27. The van der Waals surface area contributed by atoms with Crippen LogP contribution in [0.5, 0.6) is 34.8 Å². The summed E-state index contributed by atoms with van der Waals surface area (Å²) in [6.07, 6.45) is 3.37. The number of nitrogens with zero attached hydrogens (tertiary/aromatic N) is 2. The van der Waals surface area contributed by atoms with Gasteiger partial charge < -0.3 is 23.0 Å². The number of fused-ring (bicyclic) bond motifs is 6. The zero-order valence-corrected chi connectivity index (χ0v) is 21.5. The molecule has 0 aliphatic heterocycles. The molecule has 0 atom stereocenters. The van der Waals surface area contributed by atoms with E-state index in [4.69, 9.17) is 23.0 Å². The van der Waals surface area contributed by atoms with Gasteiger partial charge in [-0.2, -0.15) is 0 Å².